The molecule has 2 nitrogen and oxygen atoms in total. The third-order valence-corrected chi connectivity index (χ3v) is 4.25. The van der Waals surface area contributed by atoms with Crippen molar-refractivity contribution in [3.8, 4) is 0 Å². The second kappa shape index (κ2) is 7.46. The van der Waals surface area contributed by atoms with Crippen LogP contribution in [0.15, 0.2) is 30.9 Å². The van der Waals surface area contributed by atoms with Crippen LogP contribution in [0, 0.1) is 13.8 Å². The third kappa shape index (κ3) is 3.56. The van der Waals surface area contributed by atoms with Crippen LogP contribution in [0.4, 0.5) is 0 Å². The third-order valence-electron chi connectivity index (χ3n) is 4.25. The maximum atomic E-state index is 3.81. The monoisotopic (exact) mass is 284 g/mol. The lowest BCUT2D eigenvalue weighted by Crippen LogP contribution is -2.13. The first-order valence-corrected chi connectivity index (χ1v) is 8.09. The molecule has 2 aromatic rings. The predicted molar refractivity (Wildman–Crippen MR) is 92.8 cm³/mol. The Morgan fingerprint density at radius 2 is 2.10 bits per heavy atom. The smallest absolute Gasteiger partial charge is 0.0485 e. The number of rotatable bonds is 8. The lowest BCUT2D eigenvalue weighted by molar-refractivity contribution is 0.654. The Bertz CT molecular complexity index is 608. The van der Waals surface area contributed by atoms with Gasteiger partial charge in [0.05, 0.1) is 0 Å². The molecule has 1 aromatic heterocycles. The number of allylic oxidation sites excluding steroid dienone is 1. The molecular weight excluding hydrogens is 256 g/mol. The van der Waals surface area contributed by atoms with Crippen molar-refractivity contribution >= 4 is 10.9 Å². The molecule has 0 saturated heterocycles. The molecule has 1 aromatic carbocycles. The molecule has 21 heavy (non-hydrogen) atoms. The van der Waals surface area contributed by atoms with Crippen LogP contribution < -0.4 is 5.32 Å². The molecule has 0 aliphatic rings. The highest BCUT2D eigenvalue weighted by Crippen LogP contribution is 2.26. The summed E-state index contributed by atoms with van der Waals surface area (Å²) in [7, 11) is 0. The summed E-state index contributed by atoms with van der Waals surface area (Å²) in [6, 6.07) is 6.89. The van der Waals surface area contributed by atoms with E-state index in [1.807, 2.05) is 6.08 Å². The summed E-state index contributed by atoms with van der Waals surface area (Å²) in [4.78, 5) is 0. The lowest BCUT2D eigenvalue weighted by Gasteiger charge is -2.08. The first kappa shape index (κ1) is 15.8. The van der Waals surface area contributed by atoms with E-state index >= 15 is 0 Å². The predicted octanol–water partition coefficient (Wildman–Crippen LogP) is 4.72. The standard InChI is InChI=1S/C19H28N2/c1-5-7-8-12-21-16(4)15(3)18-13-17(9-10-19(18)21)14-20-11-6-2/h5,9-10,13,20H,1,6-8,11-12,14H2,2-4H3. The second-order valence-corrected chi connectivity index (χ2v) is 5.82. The van der Waals surface area contributed by atoms with Gasteiger partial charge in [-0.05, 0) is 62.9 Å². The highest BCUT2D eigenvalue weighted by Gasteiger charge is 2.10. The molecule has 0 aliphatic carbocycles. The molecule has 0 fully saturated rings. The summed E-state index contributed by atoms with van der Waals surface area (Å²) in [5, 5.41) is 4.89. The second-order valence-electron chi connectivity index (χ2n) is 5.82. The Balaban J connectivity index is 2.26. The van der Waals surface area contributed by atoms with E-state index in [1.165, 1.54) is 34.1 Å². The average Bonchev–Trinajstić information content (AvgIpc) is 2.73. The van der Waals surface area contributed by atoms with Crippen molar-refractivity contribution in [1.82, 2.24) is 9.88 Å². The molecule has 0 spiro atoms. The fourth-order valence-corrected chi connectivity index (χ4v) is 2.90. The van der Waals surface area contributed by atoms with Gasteiger partial charge in [-0.3, -0.25) is 0 Å². The minimum absolute atomic E-state index is 0.962. The van der Waals surface area contributed by atoms with Crippen molar-refractivity contribution in [3.05, 3.63) is 47.7 Å². The highest BCUT2D eigenvalue weighted by molar-refractivity contribution is 5.86. The van der Waals surface area contributed by atoms with Crippen LogP contribution in [0.2, 0.25) is 0 Å². The van der Waals surface area contributed by atoms with Gasteiger partial charge in [-0.1, -0.05) is 19.1 Å². The molecule has 0 radical (unpaired) electrons. The number of hydrogen-bond acceptors (Lipinski definition) is 1. The van der Waals surface area contributed by atoms with E-state index in [0.29, 0.717) is 0 Å². The maximum absolute atomic E-state index is 3.81. The number of fused-ring (bicyclic) bond motifs is 1. The van der Waals surface area contributed by atoms with Crippen LogP contribution in [-0.2, 0) is 13.1 Å². The Morgan fingerprint density at radius 1 is 1.29 bits per heavy atom. The molecule has 0 saturated carbocycles. The van der Waals surface area contributed by atoms with Gasteiger partial charge in [-0.15, -0.1) is 6.58 Å². The van der Waals surface area contributed by atoms with Gasteiger partial charge in [0, 0.05) is 29.7 Å². The number of aromatic nitrogens is 1. The number of nitrogens with one attached hydrogen (secondary N) is 1. The Morgan fingerprint density at radius 3 is 2.81 bits per heavy atom. The fraction of sp³-hybridized carbons (Fsp3) is 0.474. The van der Waals surface area contributed by atoms with E-state index in [4.69, 9.17) is 0 Å². The van der Waals surface area contributed by atoms with E-state index in [2.05, 4.69) is 55.4 Å². The molecule has 0 atom stereocenters. The fourth-order valence-electron chi connectivity index (χ4n) is 2.90. The molecule has 1 heterocycles. The summed E-state index contributed by atoms with van der Waals surface area (Å²) in [6.45, 7) is 13.6. The van der Waals surface area contributed by atoms with Crippen LogP contribution in [0.3, 0.4) is 0 Å². The Labute approximate surface area is 128 Å². The Kier molecular flexibility index (Phi) is 5.63. The molecule has 2 heteroatoms. The molecule has 0 amide bonds. The summed E-state index contributed by atoms with van der Waals surface area (Å²) >= 11 is 0. The zero-order chi connectivity index (χ0) is 15.2. The molecule has 114 valence electrons. The van der Waals surface area contributed by atoms with E-state index in [1.54, 1.807) is 0 Å². The molecular formula is C19H28N2. The normalized spacial score (nSPS) is 11.2. The molecule has 1 N–H and O–H groups in total. The van der Waals surface area contributed by atoms with Gasteiger partial charge in [0.15, 0.2) is 0 Å². The van der Waals surface area contributed by atoms with Crippen molar-refractivity contribution in [2.24, 2.45) is 0 Å². The van der Waals surface area contributed by atoms with Crippen molar-refractivity contribution in [3.63, 3.8) is 0 Å². The van der Waals surface area contributed by atoms with Crippen molar-refractivity contribution < 1.29 is 0 Å². The van der Waals surface area contributed by atoms with E-state index < -0.39 is 0 Å². The number of benzene rings is 1. The van der Waals surface area contributed by atoms with E-state index in [0.717, 1.165) is 32.5 Å². The molecule has 0 unspecified atom stereocenters. The molecule has 2 rings (SSSR count). The zero-order valence-electron chi connectivity index (χ0n) is 13.7. The summed E-state index contributed by atoms with van der Waals surface area (Å²) in [6.07, 6.45) is 5.43. The van der Waals surface area contributed by atoms with Crippen molar-refractivity contribution in [1.29, 1.82) is 0 Å². The Hall–Kier alpha value is -1.54. The SMILES string of the molecule is C=CCCCn1c(C)c(C)c2cc(CNCCC)ccc21. The number of nitrogens with zero attached hydrogens (tertiary/aromatic N) is 1. The summed E-state index contributed by atoms with van der Waals surface area (Å²) < 4.78 is 2.46. The van der Waals surface area contributed by atoms with Gasteiger partial charge < -0.3 is 9.88 Å². The number of unbranched alkanes of at least 4 members (excludes halogenated alkanes) is 1. The minimum atomic E-state index is 0.962. The topological polar surface area (TPSA) is 17.0 Å². The van der Waals surface area contributed by atoms with Crippen LogP contribution in [0.5, 0.6) is 0 Å². The van der Waals surface area contributed by atoms with Gasteiger partial charge in [-0.25, -0.2) is 0 Å². The van der Waals surface area contributed by atoms with Crippen LogP contribution >= 0.6 is 0 Å². The molecule has 0 aliphatic heterocycles. The number of hydrogen-bond donors (Lipinski definition) is 1. The number of aryl methyl sites for hydroxylation is 2. The van der Waals surface area contributed by atoms with E-state index in [-0.39, 0.29) is 0 Å². The summed E-state index contributed by atoms with van der Waals surface area (Å²) in [5.74, 6) is 0. The lowest BCUT2D eigenvalue weighted by atomic mass is 10.1. The van der Waals surface area contributed by atoms with Gasteiger partial charge in [0.2, 0.25) is 0 Å². The minimum Gasteiger partial charge on any atom is -0.345 e. The van der Waals surface area contributed by atoms with Crippen molar-refractivity contribution in [2.75, 3.05) is 6.54 Å². The summed E-state index contributed by atoms with van der Waals surface area (Å²) in [5.41, 5.74) is 5.56. The average molecular weight is 284 g/mol. The first-order chi connectivity index (χ1) is 10.2. The van der Waals surface area contributed by atoms with Gasteiger partial charge >= 0.3 is 0 Å². The van der Waals surface area contributed by atoms with Crippen LogP contribution in [0.25, 0.3) is 10.9 Å². The largest absolute Gasteiger partial charge is 0.345 e. The highest BCUT2D eigenvalue weighted by atomic mass is 15.0. The van der Waals surface area contributed by atoms with E-state index in [9.17, 15) is 0 Å². The first-order valence-electron chi connectivity index (χ1n) is 8.09. The van der Waals surface area contributed by atoms with Gasteiger partial charge in [0.1, 0.15) is 0 Å². The zero-order valence-corrected chi connectivity index (χ0v) is 13.7. The van der Waals surface area contributed by atoms with Crippen LogP contribution in [-0.4, -0.2) is 11.1 Å². The van der Waals surface area contributed by atoms with Gasteiger partial charge in [0.25, 0.3) is 0 Å². The molecule has 0 bridgehead atoms. The van der Waals surface area contributed by atoms with Gasteiger partial charge in [-0.2, -0.15) is 0 Å². The van der Waals surface area contributed by atoms with Crippen LogP contribution in [0.1, 0.15) is 43.0 Å². The van der Waals surface area contributed by atoms with Crippen molar-refractivity contribution in [2.45, 2.75) is 53.1 Å². The quantitative estimate of drug-likeness (QED) is 0.548. The maximum Gasteiger partial charge on any atom is 0.0485 e.